The molecule has 1 aromatic rings. The van der Waals surface area contributed by atoms with E-state index in [1.807, 2.05) is 7.05 Å². The Labute approximate surface area is 98.9 Å². The quantitative estimate of drug-likeness (QED) is 0.742. The van der Waals surface area contributed by atoms with Crippen LogP contribution in [0.25, 0.3) is 0 Å². The molecule has 0 aliphatic carbocycles. The number of sulfonamides is 1. The molecule has 0 saturated carbocycles. The van der Waals surface area contributed by atoms with Crippen molar-refractivity contribution in [2.75, 3.05) is 14.2 Å². The van der Waals surface area contributed by atoms with E-state index in [1.165, 1.54) is 11.3 Å². The summed E-state index contributed by atoms with van der Waals surface area (Å²) in [5.41, 5.74) is 0.764. The lowest BCUT2D eigenvalue weighted by atomic mass is 10.4. The average Bonchev–Trinajstić information content (AvgIpc) is 2.46. The fourth-order valence-electron chi connectivity index (χ4n) is 1.22. The molecular weight excluding hydrogens is 250 g/mol. The van der Waals surface area contributed by atoms with Crippen molar-refractivity contribution in [1.82, 2.24) is 10.3 Å². The normalized spacial score (nSPS) is 11.9. The predicted molar refractivity (Wildman–Crippen MR) is 62.4 cm³/mol. The van der Waals surface area contributed by atoms with Gasteiger partial charge in [-0.05, 0) is 7.05 Å². The van der Waals surface area contributed by atoms with E-state index >= 15 is 0 Å². The number of aromatic nitrogens is 1. The lowest BCUT2D eigenvalue weighted by molar-refractivity contribution is 0.181. The molecule has 0 saturated heterocycles. The third-order valence-electron chi connectivity index (χ3n) is 1.77. The topological polar surface area (TPSA) is 94.3 Å². The van der Waals surface area contributed by atoms with Crippen molar-refractivity contribution < 1.29 is 13.2 Å². The Morgan fingerprint density at radius 2 is 2.25 bits per heavy atom. The number of hydrogen-bond acceptors (Lipinski definition) is 6. The second kappa shape index (κ2) is 5.69. The molecule has 0 atom stereocenters. The zero-order valence-electron chi connectivity index (χ0n) is 9.19. The van der Waals surface area contributed by atoms with Crippen LogP contribution >= 0.6 is 11.3 Å². The van der Waals surface area contributed by atoms with Crippen LogP contribution in [0.3, 0.4) is 0 Å². The first kappa shape index (κ1) is 13.5. The third-order valence-corrected chi connectivity index (χ3v) is 3.72. The lowest BCUT2D eigenvalue weighted by Crippen LogP contribution is -2.14. The Morgan fingerprint density at radius 1 is 1.56 bits per heavy atom. The zero-order chi connectivity index (χ0) is 12.2. The first-order valence-corrected chi connectivity index (χ1v) is 7.11. The van der Waals surface area contributed by atoms with Gasteiger partial charge in [0, 0.05) is 18.5 Å². The van der Waals surface area contributed by atoms with Gasteiger partial charge >= 0.3 is 0 Å². The molecule has 1 heterocycles. The maximum absolute atomic E-state index is 10.9. The first-order valence-electron chi connectivity index (χ1n) is 4.57. The van der Waals surface area contributed by atoms with Crippen LogP contribution in [0, 0.1) is 0 Å². The Bertz CT molecular complexity index is 418. The molecule has 1 aromatic heterocycles. The maximum Gasteiger partial charge on any atom is 0.215 e. The summed E-state index contributed by atoms with van der Waals surface area (Å²) in [7, 11) is -0.137. The minimum absolute atomic E-state index is 0.224. The smallest absolute Gasteiger partial charge is 0.215 e. The first-order chi connectivity index (χ1) is 7.46. The van der Waals surface area contributed by atoms with E-state index in [4.69, 9.17) is 9.88 Å². The maximum atomic E-state index is 10.9. The number of nitrogens with two attached hydrogens (primary N) is 1. The van der Waals surface area contributed by atoms with Gasteiger partial charge in [-0.3, -0.25) is 0 Å². The Kier molecular flexibility index (Phi) is 4.81. The van der Waals surface area contributed by atoms with E-state index in [2.05, 4.69) is 10.3 Å². The monoisotopic (exact) mass is 265 g/mol. The van der Waals surface area contributed by atoms with Crippen molar-refractivity contribution in [2.24, 2.45) is 5.14 Å². The summed E-state index contributed by atoms with van der Waals surface area (Å²) < 4.78 is 26.9. The molecule has 1 rings (SSSR count). The highest BCUT2D eigenvalue weighted by Gasteiger charge is 2.14. The van der Waals surface area contributed by atoms with E-state index in [0.717, 1.165) is 10.6 Å². The van der Waals surface area contributed by atoms with E-state index in [9.17, 15) is 8.42 Å². The predicted octanol–water partition coefficient (Wildman–Crippen LogP) is -0.203. The van der Waals surface area contributed by atoms with Gasteiger partial charge in [-0.1, -0.05) is 0 Å². The molecule has 8 heteroatoms. The summed E-state index contributed by atoms with van der Waals surface area (Å²) in [6, 6.07) is 0. The van der Waals surface area contributed by atoms with Crippen molar-refractivity contribution >= 4 is 21.4 Å². The Morgan fingerprint density at radius 3 is 2.75 bits per heavy atom. The van der Waals surface area contributed by atoms with Gasteiger partial charge in [0.1, 0.15) is 10.8 Å². The van der Waals surface area contributed by atoms with E-state index < -0.39 is 10.0 Å². The molecule has 0 aromatic carbocycles. The van der Waals surface area contributed by atoms with Crippen LogP contribution in [0.4, 0.5) is 0 Å². The SMILES string of the molecule is CNCc1sc(CS(N)(=O)=O)nc1COC. The molecule has 0 aliphatic rings. The van der Waals surface area contributed by atoms with Crippen LogP contribution in [-0.4, -0.2) is 27.6 Å². The number of primary sulfonamides is 1. The van der Waals surface area contributed by atoms with Crippen LogP contribution in [-0.2, 0) is 33.7 Å². The van der Waals surface area contributed by atoms with Crippen LogP contribution in [0.5, 0.6) is 0 Å². The zero-order valence-corrected chi connectivity index (χ0v) is 10.8. The van der Waals surface area contributed by atoms with Crippen molar-refractivity contribution in [3.8, 4) is 0 Å². The number of nitrogens with one attached hydrogen (secondary N) is 1. The fourth-order valence-corrected chi connectivity index (χ4v) is 3.24. The van der Waals surface area contributed by atoms with Gasteiger partial charge < -0.3 is 10.1 Å². The number of rotatable bonds is 6. The summed E-state index contributed by atoms with van der Waals surface area (Å²) in [5.74, 6) is -0.224. The minimum Gasteiger partial charge on any atom is -0.378 e. The average molecular weight is 265 g/mol. The van der Waals surface area contributed by atoms with Gasteiger partial charge in [-0.15, -0.1) is 11.3 Å². The summed E-state index contributed by atoms with van der Waals surface area (Å²) in [5, 5.41) is 8.46. The van der Waals surface area contributed by atoms with Gasteiger partial charge in [-0.25, -0.2) is 18.5 Å². The largest absolute Gasteiger partial charge is 0.378 e. The second-order valence-electron chi connectivity index (χ2n) is 3.25. The standard InChI is InChI=1S/C8H15N3O3S2/c1-10-3-7-6(4-14-2)11-8(15-7)5-16(9,12)13/h10H,3-5H2,1-2H3,(H2,9,12,13). The number of thiazole rings is 1. The van der Waals surface area contributed by atoms with Crippen molar-refractivity contribution in [3.05, 3.63) is 15.6 Å². The van der Waals surface area contributed by atoms with Crippen molar-refractivity contribution in [3.63, 3.8) is 0 Å². The van der Waals surface area contributed by atoms with Crippen molar-refractivity contribution in [2.45, 2.75) is 18.9 Å². The fraction of sp³-hybridized carbons (Fsp3) is 0.625. The van der Waals surface area contributed by atoms with Gasteiger partial charge in [0.2, 0.25) is 10.0 Å². The Balaban J connectivity index is 2.91. The Hall–Kier alpha value is -0.540. The number of ether oxygens (including phenoxy) is 1. The van der Waals surface area contributed by atoms with Crippen LogP contribution in [0.2, 0.25) is 0 Å². The summed E-state index contributed by atoms with van der Waals surface area (Å²) in [4.78, 5) is 5.17. The van der Waals surface area contributed by atoms with E-state index in [-0.39, 0.29) is 5.75 Å². The van der Waals surface area contributed by atoms with Gasteiger partial charge in [0.25, 0.3) is 0 Å². The number of hydrogen-bond donors (Lipinski definition) is 2. The molecule has 0 aliphatic heterocycles. The highest BCUT2D eigenvalue weighted by molar-refractivity contribution is 7.88. The molecule has 0 amide bonds. The summed E-state index contributed by atoms with van der Waals surface area (Å²) in [6.07, 6.45) is 0. The molecule has 92 valence electrons. The van der Waals surface area contributed by atoms with Gasteiger partial charge in [0.05, 0.1) is 12.3 Å². The minimum atomic E-state index is -3.52. The highest BCUT2D eigenvalue weighted by Crippen LogP contribution is 2.20. The summed E-state index contributed by atoms with van der Waals surface area (Å²) >= 11 is 1.34. The van der Waals surface area contributed by atoms with Gasteiger partial charge in [-0.2, -0.15) is 0 Å². The second-order valence-corrected chi connectivity index (χ2v) is 6.03. The molecule has 0 bridgehead atoms. The van der Waals surface area contributed by atoms with Crippen LogP contribution < -0.4 is 10.5 Å². The molecule has 0 unspecified atom stereocenters. The summed E-state index contributed by atoms with van der Waals surface area (Å²) in [6.45, 7) is 1.01. The van der Waals surface area contributed by atoms with Crippen LogP contribution in [0.1, 0.15) is 15.6 Å². The molecule has 16 heavy (non-hydrogen) atoms. The van der Waals surface area contributed by atoms with E-state index in [1.54, 1.807) is 7.11 Å². The number of methoxy groups -OCH3 is 1. The van der Waals surface area contributed by atoms with Crippen LogP contribution in [0.15, 0.2) is 0 Å². The molecule has 3 N–H and O–H groups in total. The molecular formula is C8H15N3O3S2. The molecule has 0 fully saturated rings. The third kappa shape index (κ3) is 4.14. The highest BCUT2D eigenvalue weighted by atomic mass is 32.2. The lowest BCUT2D eigenvalue weighted by Gasteiger charge is -1.98. The molecule has 6 nitrogen and oxygen atoms in total. The van der Waals surface area contributed by atoms with Gasteiger partial charge in [0.15, 0.2) is 0 Å². The van der Waals surface area contributed by atoms with E-state index in [0.29, 0.717) is 18.2 Å². The van der Waals surface area contributed by atoms with Crippen molar-refractivity contribution in [1.29, 1.82) is 0 Å². The number of nitrogens with zero attached hydrogens (tertiary/aromatic N) is 1. The molecule has 0 radical (unpaired) electrons. The molecule has 0 spiro atoms.